The first-order chi connectivity index (χ1) is 8.47. The van der Waals surface area contributed by atoms with Gasteiger partial charge in [-0.15, -0.1) is 0 Å². The number of rotatable bonds is 2. The highest BCUT2D eigenvalue weighted by atomic mass is 35.5. The molecule has 1 aliphatic heterocycles. The number of likely N-dealkylation sites (N-methyl/N-ethyl adjacent to an activating group) is 1. The van der Waals surface area contributed by atoms with Gasteiger partial charge in [0.15, 0.2) is 0 Å². The molecule has 0 amide bonds. The fourth-order valence-electron chi connectivity index (χ4n) is 1.99. The molecule has 6 nitrogen and oxygen atoms in total. The lowest BCUT2D eigenvalue weighted by atomic mass is 10.2. The second-order valence-corrected chi connectivity index (χ2v) is 4.93. The number of nitrogens with zero attached hydrogens (tertiary/aromatic N) is 4. The molecule has 1 aromatic heterocycles. The number of pyridine rings is 1. The molecule has 2 rings (SSSR count). The van der Waals surface area contributed by atoms with Gasteiger partial charge in [0.2, 0.25) is 0 Å². The predicted octanol–water partition coefficient (Wildman–Crippen LogP) is 1.78. The molecular weight excluding hydrogens is 256 g/mol. The molecule has 1 aliphatic rings. The maximum Gasteiger partial charge on any atom is 0.276 e. The van der Waals surface area contributed by atoms with Crippen molar-refractivity contribution in [3.05, 3.63) is 27.4 Å². The maximum absolute atomic E-state index is 10.8. The standard InChI is InChI=1S/C11H15ClN4O2/c1-8-7-15(4-3-14(8)2)11-6-9(16(17)18)5-10(12)13-11/h5-6,8H,3-4,7H2,1-2H3. The average molecular weight is 271 g/mol. The summed E-state index contributed by atoms with van der Waals surface area (Å²) < 4.78 is 0. The van der Waals surface area contributed by atoms with Crippen LogP contribution >= 0.6 is 11.6 Å². The summed E-state index contributed by atoms with van der Waals surface area (Å²) in [6.07, 6.45) is 0. The summed E-state index contributed by atoms with van der Waals surface area (Å²) >= 11 is 5.83. The number of piperazine rings is 1. The molecule has 0 aromatic carbocycles. The molecule has 0 bridgehead atoms. The van der Waals surface area contributed by atoms with Crippen LogP contribution in [0.15, 0.2) is 12.1 Å². The number of hydrogen-bond acceptors (Lipinski definition) is 5. The van der Waals surface area contributed by atoms with Crippen LogP contribution in [0.5, 0.6) is 0 Å². The molecule has 98 valence electrons. The molecule has 2 heterocycles. The van der Waals surface area contributed by atoms with Crippen molar-refractivity contribution in [2.45, 2.75) is 13.0 Å². The van der Waals surface area contributed by atoms with E-state index in [-0.39, 0.29) is 10.8 Å². The molecule has 0 N–H and O–H groups in total. The quantitative estimate of drug-likeness (QED) is 0.466. The van der Waals surface area contributed by atoms with Gasteiger partial charge in [0, 0.05) is 25.7 Å². The molecule has 1 saturated heterocycles. The summed E-state index contributed by atoms with van der Waals surface area (Å²) in [5.41, 5.74) is -0.0171. The smallest absolute Gasteiger partial charge is 0.276 e. The van der Waals surface area contributed by atoms with E-state index >= 15 is 0 Å². The van der Waals surface area contributed by atoms with Crippen LogP contribution in [0.3, 0.4) is 0 Å². The minimum absolute atomic E-state index is 0.0171. The second-order valence-electron chi connectivity index (χ2n) is 4.54. The first-order valence-electron chi connectivity index (χ1n) is 5.74. The fourth-order valence-corrected chi connectivity index (χ4v) is 2.19. The zero-order valence-electron chi connectivity index (χ0n) is 10.3. The number of hydrogen-bond donors (Lipinski definition) is 0. The Balaban J connectivity index is 2.25. The van der Waals surface area contributed by atoms with Crippen LogP contribution in [0, 0.1) is 10.1 Å². The molecule has 0 spiro atoms. The summed E-state index contributed by atoms with van der Waals surface area (Å²) in [6, 6.07) is 3.13. The molecule has 1 aromatic rings. The minimum Gasteiger partial charge on any atom is -0.354 e. The number of nitro groups is 1. The van der Waals surface area contributed by atoms with E-state index < -0.39 is 4.92 Å². The van der Waals surface area contributed by atoms with Crippen molar-refractivity contribution < 1.29 is 4.92 Å². The molecule has 7 heteroatoms. The highest BCUT2D eigenvalue weighted by Crippen LogP contribution is 2.24. The summed E-state index contributed by atoms with van der Waals surface area (Å²) in [5.74, 6) is 0.578. The molecule has 0 saturated carbocycles. The van der Waals surface area contributed by atoms with Crippen molar-refractivity contribution in [3.63, 3.8) is 0 Å². The monoisotopic (exact) mass is 270 g/mol. The van der Waals surface area contributed by atoms with Gasteiger partial charge in [-0.1, -0.05) is 11.6 Å². The molecular formula is C11H15ClN4O2. The van der Waals surface area contributed by atoms with Gasteiger partial charge >= 0.3 is 0 Å². The van der Waals surface area contributed by atoms with E-state index in [0.29, 0.717) is 11.9 Å². The number of anilines is 1. The minimum atomic E-state index is -0.448. The Morgan fingerprint density at radius 3 is 2.83 bits per heavy atom. The van der Waals surface area contributed by atoms with Gasteiger partial charge in [0.1, 0.15) is 11.0 Å². The van der Waals surface area contributed by atoms with Crippen LogP contribution in [-0.2, 0) is 0 Å². The van der Waals surface area contributed by atoms with Crippen LogP contribution in [0.4, 0.5) is 11.5 Å². The van der Waals surface area contributed by atoms with Crippen LogP contribution in [0.1, 0.15) is 6.92 Å². The summed E-state index contributed by atoms with van der Waals surface area (Å²) in [4.78, 5) is 18.8. The van der Waals surface area contributed by atoms with Gasteiger partial charge in [0.05, 0.1) is 17.1 Å². The van der Waals surface area contributed by atoms with Crippen molar-refractivity contribution >= 4 is 23.1 Å². The van der Waals surface area contributed by atoms with Gasteiger partial charge < -0.3 is 9.80 Å². The Morgan fingerprint density at radius 1 is 1.50 bits per heavy atom. The third kappa shape index (κ3) is 2.70. The van der Waals surface area contributed by atoms with Crippen molar-refractivity contribution in [1.29, 1.82) is 0 Å². The van der Waals surface area contributed by atoms with Crippen molar-refractivity contribution in [2.24, 2.45) is 0 Å². The highest BCUT2D eigenvalue weighted by molar-refractivity contribution is 6.29. The summed E-state index contributed by atoms with van der Waals surface area (Å²) in [5, 5.41) is 11.0. The van der Waals surface area contributed by atoms with E-state index in [9.17, 15) is 10.1 Å². The first-order valence-corrected chi connectivity index (χ1v) is 6.12. The zero-order chi connectivity index (χ0) is 13.3. The van der Waals surface area contributed by atoms with E-state index in [1.165, 1.54) is 12.1 Å². The third-order valence-electron chi connectivity index (χ3n) is 3.26. The lowest BCUT2D eigenvalue weighted by Gasteiger charge is -2.38. The molecule has 0 radical (unpaired) electrons. The number of halogens is 1. The van der Waals surface area contributed by atoms with Gasteiger partial charge in [-0.2, -0.15) is 0 Å². The Labute approximate surface area is 110 Å². The molecule has 1 fully saturated rings. The maximum atomic E-state index is 10.8. The molecule has 1 unspecified atom stereocenters. The van der Waals surface area contributed by atoms with Gasteiger partial charge in [-0.25, -0.2) is 4.98 Å². The lowest BCUT2D eigenvalue weighted by Crippen LogP contribution is -2.50. The molecule has 0 aliphatic carbocycles. The predicted molar refractivity (Wildman–Crippen MR) is 70.2 cm³/mol. The SMILES string of the molecule is CC1CN(c2cc([N+](=O)[O-])cc(Cl)n2)CCN1C. The van der Waals surface area contributed by atoms with Crippen molar-refractivity contribution in [1.82, 2.24) is 9.88 Å². The first kappa shape index (κ1) is 13.0. The Morgan fingerprint density at radius 2 is 2.22 bits per heavy atom. The Kier molecular flexibility index (Phi) is 3.68. The summed E-state index contributed by atoms with van der Waals surface area (Å²) in [6.45, 7) is 4.61. The van der Waals surface area contributed by atoms with Gasteiger partial charge in [0.25, 0.3) is 5.69 Å². The van der Waals surface area contributed by atoms with E-state index in [4.69, 9.17) is 11.6 Å². The van der Waals surface area contributed by atoms with E-state index in [1.807, 2.05) is 4.90 Å². The molecule has 1 atom stereocenters. The third-order valence-corrected chi connectivity index (χ3v) is 3.45. The number of aromatic nitrogens is 1. The Hall–Kier alpha value is -1.40. The normalized spacial score (nSPS) is 21.1. The lowest BCUT2D eigenvalue weighted by molar-refractivity contribution is -0.384. The van der Waals surface area contributed by atoms with E-state index in [1.54, 1.807) is 0 Å². The van der Waals surface area contributed by atoms with Crippen LogP contribution in [0.2, 0.25) is 5.15 Å². The largest absolute Gasteiger partial charge is 0.354 e. The van der Waals surface area contributed by atoms with Gasteiger partial charge in [-0.3, -0.25) is 10.1 Å². The van der Waals surface area contributed by atoms with Crippen molar-refractivity contribution in [3.8, 4) is 0 Å². The fraction of sp³-hybridized carbons (Fsp3) is 0.545. The van der Waals surface area contributed by atoms with Crippen LogP contribution in [0.25, 0.3) is 0 Å². The van der Waals surface area contributed by atoms with E-state index in [0.717, 1.165) is 19.6 Å². The average Bonchev–Trinajstić information content (AvgIpc) is 2.31. The van der Waals surface area contributed by atoms with E-state index in [2.05, 4.69) is 23.9 Å². The van der Waals surface area contributed by atoms with Crippen LogP contribution in [-0.4, -0.2) is 47.5 Å². The topological polar surface area (TPSA) is 62.5 Å². The zero-order valence-corrected chi connectivity index (χ0v) is 11.1. The second kappa shape index (κ2) is 5.07. The molecule has 18 heavy (non-hydrogen) atoms. The van der Waals surface area contributed by atoms with Gasteiger partial charge in [-0.05, 0) is 14.0 Å². The van der Waals surface area contributed by atoms with Crippen molar-refractivity contribution in [2.75, 3.05) is 31.6 Å². The van der Waals surface area contributed by atoms with Crippen LogP contribution < -0.4 is 4.90 Å². The Bertz CT molecular complexity index is 468. The highest BCUT2D eigenvalue weighted by Gasteiger charge is 2.23. The summed E-state index contributed by atoms with van der Waals surface area (Å²) in [7, 11) is 2.07.